The first-order valence-corrected chi connectivity index (χ1v) is 4.99. The van der Waals surface area contributed by atoms with Crippen LogP contribution >= 0.6 is 0 Å². The number of carboxylic acids is 1. The fourth-order valence-electron chi connectivity index (χ4n) is 1.19. The van der Waals surface area contributed by atoms with Crippen LogP contribution in [0.4, 0.5) is 0 Å². The van der Waals surface area contributed by atoms with Crippen LogP contribution in [0.15, 0.2) is 24.3 Å². The molecule has 0 spiro atoms. The van der Waals surface area contributed by atoms with Crippen LogP contribution < -0.4 is 5.32 Å². The van der Waals surface area contributed by atoms with Gasteiger partial charge in [0.15, 0.2) is 0 Å². The predicted molar refractivity (Wildman–Crippen MR) is 63.8 cm³/mol. The van der Waals surface area contributed by atoms with Gasteiger partial charge in [0, 0.05) is 5.56 Å². The maximum absolute atomic E-state index is 11.8. The number of rotatable bonds is 3. The molecule has 88 valence electrons. The van der Waals surface area contributed by atoms with Crippen LogP contribution in [0.1, 0.15) is 34.6 Å². The molecule has 0 saturated heterocycles. The number of carbonyl (C=O) groups is 2. The molecule has 0 aliphatic rings. The first-order chi connectivity index (χ1) is 7.85. The molecule has 0 radical (unpaired) electrons. The first kappa shape index (κ1) is 12.8. The summed E-state index contributed by atoms with van der Waals surface area (Å²) in [6.07, 6.45) is 5.25. The lowest BCUT2D eigenvalue weighted by atomic mass is 10.1. The summed E-state index contributed by atoms with van der Waals surface area (Å²) < 4.78 is 0. The minimum atomic E-state index is -1.07. The van der Waals surface area contributed by atoms with E-state index < -0.39 is 17.4 Å². The Morgan fingerprint density at radius 1 is 1.35 bits per heavy atom. The molecule has 1 aromatic rings. The molecule has 1 rings (SSSR count). The fourth-order valence-corrected chi connectivity index (χ4v) is 1.19. The lowest BCUT2D eigenvalue weighted by molar-refractivity contribution is 0.0697. The number of nitrogens with one attached hydrogen (secondary N) is 1. The van der Waals surface area contributed by atoms with Crippen LogP contribution in [-0.4, -0.2) is 22.5 Å². The van der Waals surface area contributed by atoms with Crippen molar-refractivity contribution in [1.29, 1.82) is 0 Å². The molecule has 4 nitrogen and oxygen atoms in total. The van der Waals surface area contributed by atoms with Gasteiger partial charge in [-0.1, -0.05) is 12.0 Å². The van der Waals surface area contributed by atoms with E-state index in [2.05, 4.69) is 11.2 Å². The molecule has 0 aliphatic heterocycles. The number of hydrogen-bond donors (Lipinski definition) is 2. The highest BCUT2D eigenvalue weighted by Gasteiger charge is 2.18. The van der Waals surface area contributed by atoms with Crippen LogP contribution in [-0.2, 0) is 0 Å². The van der Waals surface area contributed by atoms with E-state index in [1.165, 1.54) is 24.3 Å². The van der Waals surface area contributed by atoms with Crippen molar-refractivity contribution in [3.63, 3.8) is 0 Å². The molecule has 0 heterocycles. The molecule has 0 fully saturated rings. The highest BCUT2D eigenvalue weighted by Crippen LogP contribution is 2.08. The molecule has 0 bridgehead atoms. The van der Waals surface area contributed by atoms with Crippen molar-refractivity contribution in [3.05, 3.63) is 35.4 Å². The molecule has 1 aromatic carbocycles. The molecule has 17 heavy (non-hydrogen) atoms. The van der Waals surface area contributed by atoms with Gasteiger partial charge in [0.1, 0.15) is 0 Å². The third kappa shape index (κ3) is 3.35. The van der Waals surface area contributed by atoms with E-state index in [0.717, 1.165) is 0 Å². The van der Waals surface area contributed by atoms with Gasteiger partial charge >= 0.3 is 5.97 Å². The summed E-state index contributed by atoms with van der Waals surface area (Å²) in [7, 11) is 0. The van der Waals surface area contributed by atoms with Crippen LogP contribution in [0.3, 0.4) is 0 Å². The second-order valence-corrected chi connectivity index (χ2v) is 4.11. The van der Waals surface area contributed by atoms with Gasteiger partial charge in [-0.25, -0.2) is 4.79 Å². The number of hydrogen-bond acceptors (Lipinski definition) is 2. The maximum Gasteiger partial charge on any atom is 0.335 e. The van der Waals surface area contributed by atoms with Crippen LogP contribution in [0.5, 0.6) is 0 Å². The Bertz CT molecular complexity index is 498. The van der Waals surface area contributed by atoms with E-state index in [9.17, 15) is 9.59 Å². The smallest absolute Gasteiger partial charge is 0.335 e. The zero-order chi connectivity index (χ0) is 13.1. The predicted octanol–water partition coefficient (Wildman–Crippen LogP) is 1.53. The molecular formula is C13H13NO3. The lowest BCUT2D eigenvalue weighted by Gasteiger charge is -2.19. The van der Waals surface area contributed by atoms with Gasteiger partial charge < -0.3 is 10.4 Å². The summed E-state index contributed by atoms with van der Waals surface area (Å²) in [4.78, 5) is 22.5. The third-order valence-electron chi connectivity index (χ3n) is 2.16. The van der Waals surface area contributed by atoms with Crippen molar-refractivity contribution in [2.75, 3.05) is 0 Å². The van der Waals surface area contributed by atoms with E-state index in [1.54, 1.807) is 13.8 Å². The van der Waals surface area contributed by atoms with Crippen LogP contribution in [0.25, 0.3) is 0 Å². The second-order valence-electron chi connectivity index (χ2n) is 4.11. The van der Waals surface area contributed by atoms with Crippen molar-refractivity contribution >= 4 is 11.9 Å². The summed E-state index contributed by atoms with van der Waals surface area (Å²) in [5, 5.41) is 11.4. The van der Waals surface area contributed by atoms with E-state index >= 15 is 0 Å². The Morgan fingerprint density at radius 3 is 2.47 bits per heavy atom. The maximum atomic E-state index is 11.8. The minimum absolute atomic E-state index is 0.0659. The van der Waals surface area contributed by atoms with Gasteiger partial charge in [0.2, 0.25) is 0 Å². The van der Waals surface area contributed by atoms with Crippen molar-refractivity contribution in [1.82, 2.24) is 5.32 Å². The summed E-state index contributed by atoms with van der Waals surface area (Å²) in [5.74, 6) is 0.965. The molecule has 0 aliphatic carbocycles. The number of carbonyl (C=O) groups excluding carboxylic acids is 1. The third-order valence-corrected chi connectivity index (χ3v) is 2.16. The molecule has 1 amide bonds. The second kappa shape index (κ2) is 4.71. The van der Waals surface area contributed by atoms with Gasteiger partial charge in [-0.2, -0.15) is 0 Å². The van der Waals surface area contributed by atoms with Crippen molar-refractivity contribution in [3.8, 4) is 12.3 Å². The lowest BCUT2D eigenvalue weighted by Crippen LogP contribution is -2.42. The Balaban J connectivity index is 2.95. The van der Waals surface area contributed by atoms with Crippen LogP contribution in [0, 0.1) is 12.3 Å². The topological polar surface area (TPSA) is 66.4 Å². The zero-order valence-electron chi connectivity index (χ0n) is 9.65. The number of amides is 1. The summed E-state index contributed by atoms with van der Waals surface area (Å²) in [6, 6.07) is 5.78. The van der Waals surface area contributed by atoms with Gasteiger partial charge in [0.05, 0.1) is 11.1 Å². The van der Waals surface area contributed by atoms with Crippen molar-refractivity contribution in [2.24, 2.45) is 0 Å². The summed E-state index contributed by atoms with van der Waals surface area (Å²) >= 11 is 0. The number of carboxylic acid groups (broad SMARTS) is 1. The Kier molecular flexibility index (Phi) is 3.54. The fraction of sp³-hybridized carbons (Fsp3) is 0.231. The van der Waals surface area contributed by atoms with Crippen molar-refractivity contribution < 1.29 is 14.7 Å². The van der Waals surface area contributed by atoms with E-state index in [0.29, 0.717) is 0 Å². The number of aromatic carboxylic acids is 1. The Morgan fingerprint density at radius 2 is 1.94 bits per heavy atom. The molecule has 4 heteroatoms. The highest BCUT2D eigenvalue weighted by atomic mass is 16.4. The minimum Gasteiger partial charge on any atom is -0.478 e. The quantitative estimate of drug-likeness (QED) is 0.775. The van der Waals surface area contributed by atoms with E-state index in [4.69, 9.17) is 11.5 Å². The van der Waals surface area contributed by atoms with Gasteiger partial charge in [0.25, 0.3) is 5.91 Å². The normalized spacial score (nSPS) is 10.4. The standard InChI is InChI=1S/C13H13NO3/c1-4-13(2,3)14-11(15)9-6-5-7-10(8-9)12(16)17/h1,5-8H,2-3H3,(H,14,15)(H,16,17). The molecule has 2 N–H and O–H groups in total. The van der Waals surface area contributed by atoms with E-state index in [-0.39, 0.29) is 11.1 Å². The van der Waals surface area contributed by atoms with Gasteiger partial charge in [-0.15, -0.1) is 6.42 Å². The Labute approximate surface area is 99.7 Å². The molecular weight excluding hydrogens is 218 g/mol. The molecule has 0 aromatic heterocycles. The van der Waals surface area contributed by atoms with Crippen molar-refractivity contribution in [2.45, 2.75) is 19.4 Å². The molecule has 0 saturated carbocycles. The highest BCUT2D eigenvalue weighted by molar-refractivity contribution is 5.97. The average Bonchev–Trinajstić information content (AvgIpc) is 2.28. The number of terminal acetylenes is 1. The first-order valence-electron chi connectivity index (χ1n) is 4.99. The Hall–Kier alpha value is -2.28. The van der Waals surface area contributed by atoms with Gasteiger partial charge in [-0.05, 0) is 32.0 Å². The summed E-state index contributed by atoms with van der Waals surface area (Å²) in [6.45, 7) is 3.37. The zero-order valence-corrected chi connectivity index (χ0v) is 9.65. The molecule has 0 atom stereocenters. The SMILES string of the molecule is C#CC(C)(C)NC(=O)c1cccc(C(=O)O)c1. The summed E-state index contributed by atoms with van der Waals surface area (Å²) in [5.41, 5.74) is -0.430. The average molecular weight is 231 g/mol. The monoisotopic (exact) mass is 231 g/mol. The number of benzene rings is 1. The van der Waals surface area contributed by atoms with E-state index in [1.807, 2.05) is 0 Å². The van der Waals surface area contributed by atoms with Crippen LogP contribution in [0.2, 0.25) is 0 Å². The molecule has 0 unspecified atom stereocenters. The van der Waals surface area contributed by atoms with Gasteiger partial charge in [-0.3, -0.25) is 4.79 Å². The largest absolute Gasteiger partial charge is 0.478 e.